The summed E-state index contributed by atoms with van der Waals surface area (Å²) in [5.74, 6) is 0.814. The normalized spacial score (nSPS) is 14.4. The van der Waals surface area contributed by atoms with Gasteiger partial charge in [0.1, 0.15) is 0 Å². The van der Waals surface area contributed by atoms with Crippen LogP contribution in [0.3, 0.4) is 0 Å². The Labute approximate surface area is 162 Å². The molecule has 5 rings (SSSR count). The summed E-state index contributed by atoms with van der Waals surface area (Å²) in [6.45, 7) is 2.75. The zero-order valence-electron chi connectivity index (χ0n) is 14.8. The number of nitrogens with one attached hydrogen (secondary N) is 1. The molecule has 0 radical (unpaired) electrons. The minimum Gasteiger partial charge on any atom is -0.361 e. The maximum absolute atomic E-state index is 6.18. The average molecular weight is 375 g/mol. The molecule has 2 aromatic heterocycles. The van der Waals surface area contributed by atoms with E-state index in [1.54, 1.807) is 0 Å². The van der Waals surface area contributed by atoms with Crippen molar-refractivity contribution in [2.75, 3.05) is 6.54 Å². The molecule has 0 unspecified atom stereocenters. The number of H-pyrrole nitrogens is 1. The minimum absolute atomic E-state index is 0.772. The van der Waals surface area contributed by atoms with Crippen LogP contribution in [0, 0.1) is 0 Å². The van der Waals surface area contributed by atoms with Gasteiger partial charge in [0, 0.05) is 65.5 Å². The summed E-state index contributed by atoms with van der Waals surface area (Å²) in [4.78, 5) is 15.2. The number of nitrogens with zero attached hydrogens (tertiary/aromatic N) is 3. The fourth-order valence-corrected chi connectivity index (χ4v) is 3.93. The Morgan fingerprint density at radius 1 is 1.11 bits per heavy atom. The van der Waals surface area contributed by atoms with Crippen molar-refractivity contribution in [3.63, 3.8) is 0 Å². The second-order valence-corrected chi connectivity index (χ2v) is 7.43. The third-order valence-electron chi connectivity index (χ3n) is 5.17. The Balaban J connectivity index is 1.37. The summed E-state index contributed by atoms with van der Waals surface area (Å²) in [6, 6.07) is 16.2. The summed E-state index contributed by atoms with van der Waals surface area (Å²) in [5.41, 5.74) is 5.86. The molecular weight excluding hydrogens is 356 g/mol. The molecule has 0 saturated heterocycles. The first kappa shape index (κ1) is 16.5. The molecule has 2 aromatic carbocycles. The second-order valence-electron chi connectivity index (χ2n) is 7.00. The molecule has 4 aromatic rings. The molecule has 1 N–H and O–H groups in total. The van der Waals surface area contributed by atoms with Gasteiger partial charge in [-0.1, -0.05) is 41.9 Å². The van der Waals surface area contributed by atoms with Gasteiger partial charge in [-0.2, -0.15) is 0 Å². The first-order valence-electron chi connectivity index (χ1n) is 9.14. The van der Waals surface area contributed by atoms with E-state index < -0.39 is 0 Å². The highest BCUT2D eigenvalue weighted by Gasteiger charge is 2.20. The molecule has 27 heavy (non-hydrogen) atoms. The van der Waals surface area contributed by atoms with E-state index in [1.807, 2.05) is 42.6 Å². The number of aromatic nitrogens is 3. The zero-order valence-corrected chi connectivity index (χ0v) is 15.6. The number of hydrogen-bond donors (Lipinski definition) is 1. The van der Waals surface area contributed by atoms with Gasteiger partial charge in [0.2, 0.25) is 0 Å². The van der Waals surface area contributed by atoms with Crippen LogP contribution in [0.2, 0.25) is 5.02 Å². The van der Waals surface area contributed by atoms with Gasteiger partial charge in [-0.3, -0.25) is 4.90 Å². The van der Waals surface area contributed by atoms with Gasteiger partial charge >= 0.3 is 0 Å². The van der Waals surface area contributed by atoms with E-state index in [0.717, 1.165) is 48.0 Å². The molecule has 4 nitrogen and oxygen atoms in total. The average Bonchev–Trinajstić information content (AvgIpc) is 3.10. The molecule has 1 aliphatic rings. The molecule has 0 saturated carbocycles. The highest BCUT2D eigenvalue weighted by Crippen LogP contribution is 2.26. The van der Waals surface area contributed by atoms with Crippen molar-refractivity contribution in [1.82, 2.24) is 19.9 Å². The molecule has 0 bridgehead atoms. The predicted octanol–water partition coefficient (Wildman–Crippen LogP) is 4.84. The fourth-order valence-electron chi connectivity index (χ4n) is 3.76. The third-order valence-corrected chi connectivity index (χ3v) is 5.40. The fraction of sp³-hybridized carbons (Fsp3) is 0.182. The van der Waals surface area contributed by atoms with Gasteiger partial charge in [0.25, 0.3) is 0 Å². The van der Waals surface area contributed by atoms with Crippen LogP contribution in [0.1, 0.15) is 16.8 Å². The number of aromatic amines is 1. The summed E-state index contributed by atoms with van der Waals surface area (Å²) in [6.07, 6.45) is 5.02. The molecule has 1 aliphatic heterocycles. The zero-order chi connectivity index (χ0) is 18.2. The number of hydrogen-bond acceptors (Lipinski definition) is 3. The van der Waals surface area contributed by atoms with Crippen molar-refractivity contribution in [2.45, 2.75) is 19.5 Å². The maximum atomic E-state index is 6.18. The van der Waals surface area contributed by atoms with Gasteiger partial charge in [-0.15, -0.1) is 0 Å². The number of fused-ring (bicyclic) bond motifs is 2. The lowest BCUT2D eigenvalue weighted by Crippen LogP contribution is -2.30. The predicted molar refractivity (Wildman–Crippen MR) is 109 cm³/mol. The summed E-state index contributed by atoms with van der Waals surface area (Å²) in [5, 5.41) is 1.97. The molecule has 0 spiro atoms. The smallest absolute Gasteiger partial charge is 0.159 e. The van der Waals surface area contributed by atoms with Crippen molar-refractivity contribution in [1.29, 1.82) is 0 Å². The number of rotatable bonds is 3. The molecule has 0 fully saturated rings. The Morgan fingerprint density at radius 3 is 2.89 bits per heavy atom. The first-order chi connectivity index (χ1) is 13.3. The first-order valence-corrected chi connectivity index (χ1v) is 9.52. The van der Waals surface area contributed by atoms with Gasteiger partial charge in [0.15, 0.2) is 5.82 Å². The second kappa shape index (κ2) is 6.80. The highest BCUT2D eigenvalue weighted by molar-refractivity contribution is 6.31. The summed E-state index contributed by atoms with van der Waals surface area (Å²) >= 11 is 6.18. The largest absolute Gasteiger partial charge is 0.361 e. The summed E-state index contributed by atoms with van der Waals surface area (Å²) in [7, 11) is 0. The quantitative estimate of drug-likeness (QED) is 0.558. The molecule has 0 atom stereocenters. The summed E-state index contributed by atoms with van der Waals surface area (Å²) < 4.78 is 0. The molecule has 0 amide bonds. The lowest BCUT2D eigenvalue weighted by Gasteiger charge is -2.27. The van der Waals surface area contributed by atoms with Gasteiger partial charge < -0.3 is 4.98 Å². The molecule has 3 heterocycles. The van der Waals surface area contributed by atoms with Crippen molar-refractivity contribution in [3.8, 4) is 11.4 Å². The maximum Gasteiger partial charge on any atom is 0.159 e. The Bertz CT molecular complexity index is 1100. The Kier molecular flexibility index (Phi) is 4.15. The SMILES string of the molecule is Clc1ccc2[nH]cc(CN3CCc4nc(-c5ccccc5)ncc4C3)c2c1. The van der Waals surface area contributed by atoms with Crippen LogP contribution in [0.5, 0.6) is 0 Å². The van der Waals surface area contributed by atoms with E-state index in [9.17, 15) is 0 Å². The monoisotopic (exact) mass is 374 g/mol. The molecule has 5 heteroatoms. The molecular formula is C22H19ClN4. The van der Waals surface area contributed by atoms with Crippen LogP contribution in [-0.4, -0.2) is 26.4 Å². The van der Waals surface area contributed by atoms with Crippen LogP contribution in [-0.2, 0) is 19.5 Å². The topological polar surface area (TPSA) is 44.8 Å². The van der Waals surface area contributed by atoms with Crippen LogP contribution >= 0.6 is 11.6 Å². The van der Waals surface area contributed by atoms with E-state index in [0.29, 0.717) is 0 Å². The van der Waals surface area contributed by atoms with Crippen molar-refractivity contribution >= 4 is 22.5 Å². The third kappa shape index (κ3) is 3.22. The van der Waals surface area contributed by atoms with E-state index in [1.165, 1.54) is 22.2 Å². The molecule has 0 aliphatic carbocycles. The van der Waals surface area contributed by atoms with Crippen LogP contribution in [0.4, 0.5) is 0 Å². The van der Waals surface area contributed by atoms with Crippen molar-refractivity contribution < 1.29 is 0 Å². The molecule has 134 valence electrons. The Hall–Kier alpha value is -2.69. The van der Waals surface area contributed by atoms with Crippen molar-refractivity contribution in [2.24, 2.45) is 0 Å². The Morgan fingerprint density at radius 2 is 2.00 bits per heavy atom. The lowest BCUT2D eigenvalue weighted by molar-refractivity contribution is 0.244. The van der Waals surface area contributed by atoms with Gasteiger partial charge in [0.05, 0.1) is 5.69 Å². The highest BCUT2D eigenvalue weighted by atomic mass is 35.5. The van der Waals surface area contributed by atoms with E-state index in [-0.39, 0.29) is 0 Å². The van der Waals surface area contributed by atoms with Crippen molar-refractivity contribution in [3.05, 3.63) is 82.8 Å². The number of benzene rings is 2. The van der Waals surface area contributed by atoms with E-state index >= 15 is 0 Å². The minimum atomic E-state index is 0.772. The number of halogens is 1. The standard InChI is InChI=1S/C22H19ClN4/c23-18-6-7-21-19(10-18)16(11-24-21)13-27-9-8-20-17(14-27)12-25-22(26-20)15-4-2-1-3-5-15/h1-7,10-12,24H,8-9,13-14H2. The van der Waals surface area contributed by atoms with E-state index in [4.69, 9.17) is 16.6 Å². The lowest BCUT2D eigenvalue weighted by atomic mass is 10.1. The van der Waals surface area contributed by atoms with Gasteiger partial charge in [-0.25, -0.2) is 9.97 Å². The van der Waals surface area contributed by atoms with Crippen LogP contribution < -0.4 is 0 Å². The van der Waals surface area contributed by atoms with E-state index in [2.05, 4.69) is 33.2 Å². The van der Waals surface area contributed by atoms with Crippen LogP contribution in [0.15, 0.2) is 60.9 Å². The van der Waals surface area contributed by atoms with Gasteiger partial charge in [-0.05, 0) is 23.8 Å². The van der Waals surface area contributed by atoms with Crippen LogP contribution in [0.25, 0.3) is 22.3 Å².